The van der Waals surface area contributed by atoms with Crippen LogP contribution in [0.5, 0.6) is 0 Å². The third-order valence-corrected chi connectivity index (χ3v) is 3.87. The molecule has 18 heavy (non-hydrogen) atoms. The van der Waals surface area contributed by atoms with Gasteiger partial charge in [-0.2, -0.15) is 0 Å². The maximum absolute atomic E-state index is 9.45. The molecule has 0 amide bonds. The molecule has 2 rings (SSSR count). The van der Waals surface area contributed by atoms with E-state index in [1.807, 2.05) is 0 Å². The molecule has 0 saturated carbocycles. The van der Waals surface area contributed by atoms with Gasteiger partial charge in [-0.25, -0.2) is 0 Å². The predicted molar refractivity (Wildman–Crippen MR) is 76.1 cm³/mol. The van der Waals surface area contributed by atoms with E-state index in [-0.39, 0.29) is 6.61 Å². The zero-order chi connectivity index (χ0) is 13.3. The van der Waals surface area contributed by atoms with Crippen LogP contribution in [-0.4, -0.2) is 30.3 Å². The second-order valence-corrected chi connectivity index (χ2v) is 5.79. The molecule has 100 valence electrons. The van der Waals surface area contributed by atoms with Gasteiger partial charge in [0.15, 0.2) is 0 Å². The summed E-state index contributed by atoms with van der Waals surface area (Å²) in [6, 6.07) is 4.43. The SMILES string of the molecule is Cc1cc(C)c(N2CCCC(N)(CO)C2)c(C)c1. The normalized spacial score (nSPS) is 24.4. The average Bonchev–Trinajstić information content (AvgIpc) is 2.28. The highest BCUT2D eigenvalue weighted by Crippen LogP contribution is 2.30. The maximum Gasteiger partial charge on any atom is 0.0628 e. The lowest BCUT2D eigenvalue weighted by Crippen LogP contribution is -2.57. The first kappa shape index (κ1) is 13.4. The Hall–Kier alpha value is -1.06. The van der Waals surface area contributed by atoms with Crippen LogP contribution in [-0.2, 0) is 0 Å². The van der Waals surface area contributed by atoms with Gasteiger partial charge in [0.1, 0.15) is 0 Å². The minimum absolute atomic E-state index is 0.0630. The number of aliphatic hydroxyl groups is 1. The number of benzene rings is 1. The molecule has 3 heteroatoms. The number of aryl methyl sites for hydroxylation is 3. The minimum atomic E-state index is -0.442. The lowest BCUT2D eigenvalue weighted by atomic mass is 9.89. The minimum Gasteiger partial charge on any atom is -0.394 e. The van der Waals surface area contributed by atoms with Crippen molar-refractivity contribution in [3.05, 3.63) is 28.8 Å². The van der Waals surface area contributed by atoms with Gasteiger partial charge in [0.05, 0.1) is 12.1 Å². The summed E-state index contributed by atoms with van der Waals surface area (Å²) in [5, 5.41) is 9.45. The van der Waals surface area contributed by atoms with E-state index in [4.69, 9.17) is 5.73 Å². The van der Waals surface area contributed by atoms with Crippen molar-refractivity contribution >= 4 is 5.69 Å². The van der Waals surface area contributed by atoms with E-state index >= 15 is 0 Å². The molecule has 0 aromatic heterocycles. The first-order valence-corrected chi connectivity index (χ1v) is 6.68. The number of anilines is 1. The third-order valence-electron chi connectivity index (χ3n) is 3.87. The van der Waals surface area contributed by atoms with Crippen LogP contribution in [0.2, 0.25) is 0 Å². The van der Waals surface area contributed by atoms with Crippen molar-refractivity contribution in [2.24, 2.45) is 5.73 Å². The van der Waals surface area contributed by atoms with Gasteiger partial charge in [0, 0.05) is 18.8 Å². The molecule has 1 unspecified atom stereocenters. The molecule has 0 radical (unpaired) electrons. The highest BCUT2D eigenvalue weighted by Gasteiger charge is 2.31. The molecule has 1 fully saturated rings. The monoisotopic (exact) mass is 248 g/mol. The van der Waals surface area contributed by atoms with Crippen LogP contribution in [0, 0.1) is 20.8 Å². The molecule has 0 bridgehead atoms. The van der Waals surface area contributed by atoms with E-state index in [2.05, 4.69) is 37.8 Å². The van der Waals surface area contributed by atoms with Gasteiger partial charge < -0.3 is 15.7 Å². The summed E-state index contributed by atoms with van der Waals surface area (Å²) >= 11 is 0. The average molecular weight is 248 g/mol. The Labute approximate surface area is 110 Å². The van der Waals surface area contributed by atoms with Gasteiger partial charge in [-0.05, 0) is 44.7 Å². The van der Waals surface area contributed by atoms with E-state index in [1.165, 1.54) is 22.4 Å². The predicted octanol–water partition coefficient (Wildman–Crippen LogP) is 1.90. The van der Waals surface area contributed by atoms with Gasteiger partial charge in [-0.15, -0.1) is 0 Å². The maximum atomic E-state index is 9.45. The highest BCUT2D eigenvalue weighted by molar-refractivity contribution is 5.60. The number of aliphatic hydroxyl groups excluding tert-OH is 1. The quantitative estimate of drug-likeness (QED) is 0.840. The van der Waals surface area contributed by atoms with Gasteiger partial charge in [0.2, 0.25) is 0 Å². The Bertz CT molecular complexity index is 421. The standard InChI is InChI=1S/C15H24N2O/c1-11-7-12(2)14(13(3)8-11)17-6-4-5-15(16,9-17)10-18/h7-8,18H,4-6,9-10,16H2,1-3H3. The summed E-state index contributed by atoms with van der Waals surface area (Å²) in [5.41, 5.74) is 11.0. The second kappa shape index (κ2) is 4.90. The molecular formula is C15H24N2O. The number of hydrogen-bond acceptors (Lipinski definition) is 3. The summed E-state index contributed by atoms with van der Waals surface area (Å²) in [7, 11) is 0. The van der Waals surface area contributed by atoms with E-state index < -0.39 is 5.54 Å². The molecular weight excluding hydrogens is 224 g/mol. The smallest absolute Gasteiger partial charge is 0.0628 e. The number of nitrogens with two attached hydrogens (primary N) is 1. The van der Waals surface area contributed by atoms with Crippen molar-refractivity contribution < 1.29 is 5.11 Å². The van der Waals surface area contributed by atoms with Crippen LogP contribution < -0.4 is 10.6 Å². The summed E-state index contributed by atoms with van der Waals surface area (Å²) < 4.78 is 0. The topological polar surface area (TPSA) is 49.5 Å². The highest BCUT2D eigenvalue weighted by atomic mass is 16.3. The van der Waals surface area contributed by atoms with Gasteiger partial charge >= 0.3 is 0 Å². The van der Waals surface area contributed by atoms with Crippen LogP contribution in [0.25, 0.3) is 0 Å². The summed E-state index contributed by atoms with van der Waals surface area (Å²) in [5.74, 6) is 0. The fourth-order valence-corrected chi connectivity index (χ4v) is 3.15. The number of rotatable bonds is 2. The van der Waals surface area contributed by atoms with Gasteiger partial charge in [-0.3, -0.25) is 0 Å². The third kappa shape index (κ3) is 2.52. The lowest BCUT2D eigenvalue weighted by Gasteiger charge is -2.41. The van der Waals surface area contributed by atoms with Crippen LogP contribution in [0.15, 0.2) is 12.1 Å². The Kier molecular flexibility index (Phi) is 3.64. The molecule has 1 saturated heterocycles. The van der Waals surface area contributed by atoms with Crippen molar-refractivity contribution in [2.75, 3.05) is 24.6 Å². The van der Waals surface area contributed by atoms with E-state index in [0.29, 0.717) is 0 Å². The molecule has 1 heterocycles. The van der Waals surface area contributed by atoms with E-state index in [9.17, 15) is 5.11 Å². The molecule has 0 spiro atoms. The first-order chi connectivity index (χ1) is 8.45. The molecule has 1 aliphatic heterocycles. The van der Waals surface area contributed by atoms with Gasteiger partial charge in [0.25, 0.3) is 0 Å². The molecule has 0 aliphatic carbocycles. The van der Waals surface area contributed by atoms with Crippen LogP contribution in [0.3, 0.4) is 0 Å². The van der Waals surface area contributed by atoms with Gasteiger partial charge in [-0.1, -0.05) is 17.7 Å². The molecule has 3 nitrogen and oxygen atoms in total. The summed E-state index contributed by atoms with van der Waals surface area (Å²) in [6.07, 6.45) is 1.95. The first-order valence-electron chi connectivity index (χ1n) is 6.68. The molecule has 1 atom stereocenters. The second-order valence-electron chi connectivity index (χ2n) is 5.79. The Morgan fingerprint density at radius 1 is 1.28 bits per heavy atom. The summed E-state index contributed by atoms with van der Waals surface area (Å²) in [6.45, 7) is 8.27. The Balaban J connectivity index is 2.32. The fraction of sp³-hybridized carbons (Fsp3) is 0.600. The zero-order valence-corrected chi connectivity index (χ0v) is 11.7. The van der Waals surface area contributed by atoms with Crippen molar-refractivity contribution in [1.82, 2.24) is 0 Å². The largest absolute Gasteiger partial charge is 0.394 e. The van der Waals surface area contributed by atoms with E-state index in [1.54, 1.807) is 0 Å². The van der Waals surface area contributed by atoms with E-state index in [0.717, 1.165) is 25.9 Å². The number of hydrogen-bond donors (Lipinski definition) is 2. The molecule has 1 aromatic carbocycles. The Morgan fingerprint density at radius 3 is 2.44 bits per heavy atom. The van der Waals surface area contributed by atoms with Crippen molar-refractivity contribution in [3.8, 4) is 0 Å². The lowest BCUT2D eigenvalue weighted by molar-refractivity contribution is 0.177. The Morgan fingerprint density at radius 2 is 1.89 bits per heavy atom. The fourth-order valence-electron chi connectivity index (χ4n) is 3.15. The molecule has 1 aromatic rings. The summed E-state index contributed by atoms with van der Waals surface area (Å²) in [4.78, 5) is 2.34. The van der Waals surface area contributed by atoms with Crippen LogP contribution in [0.1, 0.15) is 29.5 Å². The number of nitrogens with zero attached hydrogens (tertiary/aromatic N) is 1. The van der Waals surface area contributed by atoms with Crippen molar-refractivity contribution in [1.29, 1.82) is 0 Å². The molecule has 1 aliphatic rings. The van der Waals surface area contributed by atoms with Crippen molar-refractivity contribution in [3.63, 3.8) is 0 Å². The number of piperidine rings is 1. The van der Waals surface area contributed by atoms with Crippen LogP contribution in [0.4, 0.5) is 5.69 Å². The van der Waals surface area contributed by atoms with Crippen LogP contribution >= 0.6 is 0 Å². The van der Waals surface area contributed by atoms with Crippen molar-refractivity contribution in [2.45, 2.75) is 39.2 Å². The molecule has 3 N–H and O–H groups in total. The zero-order valence-electron chi connectivity index (χ0n) is 11.7.